The molecular weight excluding hydrogens is 456 g/mol. The summed E-state index contributed by atoms with van der Waals surface area (Å²) in [6, 6.07) is 11.5. The molecule has 3 aromatic heterocycles. The number of fused-ring (bicyclic) bond motifs is 1. The molecule has 0 aliphatic carbocycles. The summed E-state index contributed by atoms with van der Waals surface area (Å²) in [7, 11) is 1.96. The lowest BCUT2D eigenvalue weighted by Crippen LogP contribution is -2.33. The summed E-state index contributed by atoms with van der Waals surface area (Å²) in [5.41, 5.74) is 3.60. The summed E-state index contributed by atoms with van der Waals surface area (Å²) in [6.07, 6.45) is 1.94. The van der Waals surface area contributed by atoms with Crippen LogP contribution in [0.25, 0.3) is 11.0 Å². The summed E-state index contributed by atoms with van der Waals surface area (Å²) in [6.45, 7) is 10.6. The number of ketones is 1. The van der Waals surface area contributed by atoms with E-state index in [-0.39, 0.29) is 17.6 Å². The van der Waals surface area contributed by atoms with Crippen LogP contribution in [0.3, 0.4) is 0 Å². The van der Waals surface area contributed by atoms with E-state index >= 15 is 0 Å². The van der Waals surface area contributed by atoms with E-state index in [0.29, 0.717) is 29.1 Å². The predicted molar refractivity (Wildman–Crippen MR) is 138 cm³/mol. The largest absolute Gasteiger partial charge is 0.457 e. The van der Waals surface area contributed by atoms with Gasteiger partial charge in [-0.3, -0.25) is 14.5 Å². The number of carbonyl (C=O) groups excluding carboxylic acids is 1. The summed E-state index contributed by atoms with van der Waals surface area (Å²) in [5.74, 6) is 3.36. The molecule has 1 aromatic carbocycles. The predicted octanol–water partition coefficient (Wildman–Crippen LogP) is 4.78. The molecule has 9 heteroatoms. The molecule has 0 radical (unpaired) electrons. The fraction of sp³-hybridized carbons (Fsp3) is 0.407. The summed E-state index contributed by atoms with van der Waals surface area (Å²) in [4.78, 5) is 20.4. The Balaban J connectivity index is 1.38. The minimum atomic E-state index is -0.0344. The Hall–Kier alpha value is -3.72. The Morgan fingerprint density at radius 1 is 1.17 bits per heavy atom. The fourth-order valence-electron chi connectivity index (χ4n) is 4.32. The fourth-order valence-corrected chi connectivity index (χ4v) is 4.32. The molecular formula is C27H32N6O3. The van der Waals surface area contributed by atoms with Crippen LogP contribution in [-0.2, 0) is 35.0 Å². The topological polar surface area (TPSA) is 96.1 Å². The van der Waals surface area contributed by atoms with Gasteiger partial charge in [-0.15, -0.1) is 0 Å². The van der Waals surface area contributed by atoms with Gasteiger partial charge in [0.2, 0.25) is 5.95 Å². The van der Waals surface area contributed by atoms with Crippen molar-refractivity contribution in [1.82, 2.24) is 24.3 Å². The lowest BCUT2D eigenvalue weighted by atomic mass is 9.92. The molecule has 188 valence electrons. The zero-order valence-corrected chi connectivity index (χ0v) is 21.4. The standard InChI is InChI=1S/C27H32N6O3/c1-17(34)10-19-11-21(8-9-28-19)36-20-6-7-22-23(12-20)32(5)26(29-22)30-25-13-24(27(2,3)4)33(31-25)14-18-15-35-16-18/h6-9,11-13,18H,10,14-16H2,1-5H3,(H,29,30,31). The number of ether oxygens (including phenoxy) is 2. The van der Waals surface area contributed by atoms with Crippen LogP contribution in [0.1, 0.15) is 39.1 Å². The van der Waals surface area contributed by atoms with Crippen LogP contribution in [0, 0.1) is 5.92 Å². The molecule has 9 nitrogen and oxygen atoms in total. The lowest BCUT2D eigenvalue weighted by molar-refractivity contribution is -0.116. The van der Waals surface area contributed by atoms with Crippen LogP contribution in [-0.4, -0.2) is 43.3 Å². The first-order valence-corrected chi connectivity index (χ1v) is 12.2. The van der Waals surface area contributed by atoms with Gasteiger partial charge < -0.3 is 19.4 Å². The molecule has 1 N–H and O–H groups in total. The molecule has 0 amide bonds. The normalized spacial score (nSPS) is 14.1. The minimum absolute atomic E-state index is 0.0344. The molecule has 1 fully saturated rings. The highest BCUT2D eigenvalue weighted by molar-refractivity contribution is 5.81. The number of aromatic nitrogens is 5. The highest BCUT2D eigenvalue weighted by Gasteiger charge is 2.26. The molecule has 0 bridgehead atoms. The van der Waals surface area contributed by atoms with Gasteiger partial charge in [0.15, 0.2) is 5.82 Å². The van der Waals surface area contributed by atoms with E-state index in [4.69, 9.17) is 19.6 Å². The third-order valence-electron chi connectivity index (χ3n) is 6.23. The Morgan fingerprint density at radius 3 is 2.64 bits per heavy atom. The number of Topliss-reactive ketones (excluding diaryl/α,β-unsaturated/α-hetero) is 1. The molecule has 1 saturated heterocycles. The molecule has 0 spiro atoms. The van der Waals surface area contributed by atoms with Crippen LogP contribution >= 0.6 is 0 Å². The second kappa shape index (κ2) is 9.39. The van der Waals surface area contributed by atoms with Crippen molar-refractivity contribution in [2.75, 3.05) is 18.5 Å². The monoisotopic (exact) mass is 488 g/mol. The third kappa shape index (κ3) is 5.11. The maximum Gasteiger partial charge on any atom is 0.209 e. The zero-order valence-electron chi connectivity index (χ0n) is 21.4. The SMILES string of the molecule is CC(=O)Cc1cc(Oc2ccc3nc(Nc4cc(C(C)(C)C)n(CC5COC5)n4)n(C)c3c2)ccn1. The molecule has 1 aliphatic rings. The summed E-state index contributed by atoms with van der Waals surface area (Å²) < 4.78 is 15.5. The third-order valence-corrected chi connectivity index (χ3v) is 6.23. The van der Waals surface area contributed by atoms with Gasteiger partial charge in [0.25, 0.3) is 0 Å². The first-order valence-electron chi connectivity index (χ1n) is 12.2. The lowest BCUT2D eigenvalue weighted by Gasteiger charge is -2.28. The molecule has 5 rings (SSSR count). The molecule has 4 aromatic rings. The van der Waals surface area contributed by atoms with Gasteiger partial charge >= 0.3 is 0 Å². The Kier molecular flexibility index (Phi) is 6.26. The number of hydrogen-bond acceptors (Lipinski definition) is 7. The summed E-state index contributed by atoms with van der Waals surface area (Å²) in [5, 5.41) is 8.26. The van der Waals surface area contributed by atoms with Crippen molar-refractivity contribution in [3.63, 3.8) is 0 Å². The zero-order chi connectivity index (χ0) is 25.4. The Labute approximate surface area is 210 Å². The van der Waals surface area contributed by atoms with E-state index in [1.165, 1.54) is 5.69 Å². The first-order chi connectivity index (χ1) is 17.2. The van der Waals surface area contributed by atoms with E-state index in [1.807, 2.05) is 29.8 Å². The number of anilines is 2. The van der Waals surface area contributed by atoms with Gasteiger partial charge in [0, 0.05) is 61.4 Å². The molecule has 0 saturated carbocycles. The average Bonchev–Trinajstić information content (AvgIpc) is 3.32. The van der Waals surface area contributed by atoms with Crippen molar-refractivity contribution in [2.24, 2.45) is 13.0 Å². The van der Waals surface area contributed by atoms with Crippen LogP contribution in [0.2, 0.25) is 0 Å². The van der Waals surface area contributed by atoms with Crippen molar-refractivity contribution in [3.8, 4) is 11.5 Å². The summed E-state index contributed by atoms with van der Waals surface area (Å²) >= 11 is 0. The average molecular weight is 489 g/mol. The van der Waals surface area contributed by atoms with Gasteiger partial charge in [-0.1, -0.05) is 20.8 Å². The van der Waals surface area contributed by atoms with Crippen LogP contribution < -0.4 is 10.1 Å². The van der Waals surface area contributed by atoms with Gasteiger partial charge in [0.1, 0.15) is 17.3 Å². The van der Waals surface area contributed by atoms with Crippen molar-refractivity contribution in [2.45, 2.75) is 46.1 Å². The Morgan fingerprint density at radius 2 is 1.94 bits per heavy atom. The first kappa shape index (κ1) is 24.0. The van der Waals surface area contributed by atoms with Crippen molar-refractivity contribution >= 4 is 28.6 Å². The molecule has 36 heavy (non-hydrogen) atoms. The van der Waals surface area contributed by atoms with Gasteiger partial charge in [-0.05, 0) is 25.1 Å². The molecule has 0 atom stereocenters. The maximum absolute atomic E-state index is 11.4. The number of nitrogens with one attached hydrogen (secondary N) is 1. The number of benzene rings is 1. The molecule has 1 aliphatic heterocycles. The van der Waals surface area contributed by atoms with Crippen LogP contribution in [0.4, 0.5) is 11.8 Å². The number of aryl methyl sites for hydroxylation is 1. The van der Waals surface area contributed by atoms with Crippen LogP contribution in [0.5, 0.6) is 11.5 Å². The highest BCUT2D eigenvalue weighted by Crippen LogP contribution is 2.30. The van der Waals surface area contributed by atoms with Crippen molar-refractivity contribution in [1.29, 1.82) is 0 Å². The minimum Gasteiger partial charge on any atom is -0.457 e. The Bertz CT molecular complexity index is 1410. The van der Waals surface area contributed by atoms with Crippen molar-refractivity contribution < 1.29 is 14.3 Å². The van der Waals surface area contributed by atoms with E-state index in [1.54, 1.807) is 25.3 Å². The highest BCUT2D eigenvalue weighted by atomic mass is 16.5. The van der Waals surface area contributed by atoms with Gasteiger partial charge in [-0.2, -0.15) is 5.10 Å². The number of hydrogen-bond donors (Lipinski definition) is 1. The second-order valence-electron chi connectivity index (χ2n) is 10.5. The van der Waals surface area contributed by atoms with Gasteiger partial charge in [-0.25, -0.2) is 4.98 Å². The number of imidazole rings is 1. The molecule has 0 unspecified atom stereocenters. The number of nitrogens with zero attached hydrogens (tertiary/aromatic N) is 5. The molecule has 4 heterocycles. The van der Waals surface area contributed by atoms with Gasteiger partial charge in [0.05, 0.1) is 29.9 Å². The number of pyridine rings is 1. The number of rotatable bonds is 8. The van der Waals surface area contributed by atoms with E-state index < -0.39 is 0 Å². The van der Waals surface area contributed by atoms with E-state index in [9.17, 15) is 4.79 Å². The second-order valence-corrected chi connectivity index (χ2v) is 10.5. The van der Waals surface area contributed by atoms with Crippen molar-refractivity contribution in [3.05, 3.63) is 54.0 Å². The quantitative estimate of drug-likeness (QED) is 0.381. The number of carbonyl (C=O) groups is 1. The van der Waals surface area contributed by atoms with E-state index in [2.05, 4.69) is 41.8 Å². The van der Waals surface area contributed by atoms with Crippen LogP contribution in [0.15, 0.2) is 42.6 Å². The maximum atomic E-state index is 11.4. The smallest absolute Gasteiger partial charge is 0.209 e. The van der Waals surface area contributed by atoms with E-state index in [0.717, 1.165) is 36.6 Å².